The number of carbonyl (C=O) groups is 2. The molecule has 0 radical (unpaired) electrons. The van der Waals surface area contributed by atoms with E-state index in [-0.39, 0.29) is 5.69 Å². The van der Waals surface area contributed by atoms with Crippen LogP contribution < -0.4 is 5.32 Å². The van der Waals surface area contributed by atoms with E-state index in [9.17, 15) is 9.59 Å². The Morgan fingerprint density at radius 1 is 1.04 bits per heavy atom. The van der Waals surface area contributed by atoms with E-state index in [0.29, 0.717) is 5.69 Å². The number of nitrogens with one attached hydrogen (secondary N) is 2. The standard InChI is InChI=1S/C22H19N3O3/c1-13(22(27)28-2)23-21(26)18-12-16-15-10-6-7-11-17(15)24-20(16)19(25-18)14-8-4-3-5-9-14/h3-13,24H,1-2H3,(H,23,26)/t13-/m0/s1. The van der Waals surface area contributed by atoms with E-state index in [4.69, 9.17) is 0 Å². The maximum Gasteiger partial charge on any atom is 0.328 e. The highest BCUT2D eigenvalue weighted by Gasteiger charge is 2.20. The summed E-state index contributed by atoms with van der Waals surface area (Å²) in [6.07, 6.45) is 0. The average molecular weight is 373 g/mol. The number of hydrogen-bond acceptors (Lipinski definition) is 4. The molecule has 0 spiro atoms. The molecule has 0 aliphatic rings. The van der Waals surface area contributed by atoms with E-state index >= 15 is 0 Å². The summed E-state index contributed by atoms with van der Waals surface area (Å²) in [6.45, 7) is 1.58. The number of methoxy groups -OCH3 is 1. The Morgan fingerprint density at radius 2 is 1.75 bits per heavy atom. The number of pyridine rings is 1. The Kier molecular flexibility index (Phi) is 4.53. The molecule has 0 bridgehead atoms. The summed E-state index contributed by atoms with van der Waals surface area (Å²) in [5, 5.41) is 4.55. The van der Waals surface area contributed by atoms with Crippen molar-refractivity contribution in [3.05, 3.63) is 66.4 Å². The predicted molar refractivity (Wildman–Crippen MR) is 108 cm³/mol. The lowest BCUT2D eigenvalue weighted by molar-refractivity contribution is -0.142. The molecule has 2 N–H and O–H groups in total. The quantitative estimate of drug-likeness (QED) is 0.535. The van der Waals surface area contributed by atoms with Crippen LogP contribution in [0.15, 0.2) is 60.7 Å². The largest absolute Gasteiger partial charge is 0.467 e. The number of esters is 1. The van der Waals surface area contributed by atoms with Crippen LogP contribution in [0.2, 0.25) is 0 Å². The molecule has 2 aromatic carbocycles. The minimum Gasteiger partial charge on any atom is -0.467 e. The highest BCUT2D eigenvalue weighted by molar-refractivity contribution is 6.13. The number of para-hydroxylation sites is 1. The lowest BCUT2D eigenvalue weighted by Gasteiger charge is -2.12. The molecule has 2 aromatic heterocycles. The highest BCUT2D eigenvalue weighted by atomic mass is 16.5. The van der Waals surface area contributed by atoms with Gasteiger partial charge in [-0.05, 0) is 19.1 Å². The number of fused-ring (bicyclic) bond motifs is 3. The number of benzene rings is 2. The summed E-state index contributed by atoms with van der Waals surface area (Å²) in [7, 11) is 1.29. The molecule has 140 valence electrons. The average Bonchev–Trinajstić information content (AvgIpc) is 3.11. The number of hydrogen-bond donors (Lipinski definition) is 2. The van der Waals surface area contributed by atoms with E-state index in [1.807, 2.05) is 54.6 Å². The molecule has 0 saturated carbocycles. The van der Waals surface area contributed by atoms with Gasteiger partial charge in [0, 0.05) is 21.9 Å². The summed E-state index contributed by atoms with van der Waals surface area (Å²) < 4.78 is 4.68. The SMILES string of the molecule is COC(=O)[C@H](C)NC(=O)c1cc2c([nH]c3ccccc32)c(-c2ccccc2)n1. The van der Waals surface area contributed by atoms with Crippen molar-refractivity contribution in [3.63, 3.8) is 0 Å². The Hall–Kier alpha value is -3.67. The third kappa shape index (κ3) is 3.09. The molecule has 2 heterocycles. The van der Waals surface area contributed by atoms with Gasteiger partial charge in [0.1, 0.15) is 11.7 Å². The minimum absolute atomic E-state index is 0.242. The molecular formula is C22H19N3O3. The number of nitrogens with zero attached hydrogens (tertiary/aromatic N) is 1. The van der Waals surface area contributed by atoms with E-state index in [0.717, 1.165) is 27.4 Å². The van der Waals surface area contributed by atoms with Crippen LogP contribution >= 0.6 is 0 Å². The van der Waals surface area contributed by atoms with Crippen LogP contribution in [0.5, 0.6) is 0 Å². The molecule has 0 saturated heterocycles. The van der Waals surface area contributed by atoms with Crippen molar-refractivity contribution in [1.29, 1.82) is 0 Å². The topological polar surface area (TPSA) is 84.1 Å². The van der Waals surface area contributed by atoms with Crippen LogP contribution in [0.4, 0.5) is 0 Å². The smallest absolute Gasteiger partial charge is 0.328 e. The first-order chi connectivity index (χ1) is 13.6. The van der Waals surface area contributed by atoms with Crippen LogP contribution in [0.25, 0.3) is 33.1 Å². The van der Waals surface area contributed by atoms with Crippen LogP contribution in [0.3, 0.4) is 0 Å². The number of amides is 1. The predicted octanol–water partition coefficient (Wildman–Crippen LogP) is 3.67. The van der Waals surface area contributed by atoms with Crippen LogP contribution in [0.1, 0.15) is 17.4 Å². The maximum atomic E-state index is 12.8. The lowest BCUT2D eigenvalue weighted by atomic mass is 10.1. The highest BCUT2D eigenvalue weighted by Crippen LogP contribution is 2.32. The Bertz CT molecular complexity index is 1180. The van der Waals surface area contributed by atoms with Gasteiger partial charge in [0.25, 0.3) is 5.91 Å². The van der Waals surface area contributed by atoms with Crippen LogP contribution in [0, 0.1) is 0 Å². The van der Waals surface area contributed by atoms with Crippen molar-refractivity contribution >= 4 is 33.7 Å². The van der Waals surface area contributed by atoms with Crippen LogP contribution in [-0.4, -0.2) is 35.0 Å². The van der Waals surface area contributed by atoms with Gasteiger partial charge in [0.15, 0.2) is 0 Å². The maximum absolute atomic E-state index is 12.8. The summed E-state index contributed by atoms with van der Waals surface area (Å²) in [5.41, 5.74) is 3.66. The zero-order valence-electron chi connectivity index (χ0n) is 15.5. The molecule has 1 atom stereocenters. The fourth-order valence-corrected chi connectivity index (χ4v) is 3.27. The Morgan fingerprint density at radius 3 is 2.50 bits per heavy atom. The fraction of sp³-hybridized carbons (Fsp3) is 0.136. The molecule has 0 aliphatic carbocycles. The summed E-state index contributed by atoms with van der Waals surface area (Å²) >= 11 is 0. The fourth-order valence-electron chi connectivity index (χ4n) is 3.27. The molecule has 28 heavy (non-hydrogen) atoms. The van der Waals surface area contributed by atoms with Crippen molar-refractivity contribution in [2.75, 3.05) is 7.11 Å². The molecule has 4 rings (SSSR count). The van der Waals surface area contributed by atoms with E-state index < -0.39 is 17.9 Å². The van der Waals surface area contributed by atoms with Crippen molar-refractivity contribution < 1.29 is 14.3 Å². The molecule has 0 aliphatic heterocycles. The molecule has 6 heteroatoms. The summed E-state index contributed by atoms with van der Waals surface area (Å²) in [6, 6.07) is 18.6. The number of ether oxygens (including phenoxy) is 1. The first-order valence-corrected chi connectivity index (χ1v) is 8.94. The zero-order chi connectivity index (χ0) is 19.7. The van der Waals surface area contributed by atoms with Gasteiger partial charge < -0.3 is 15.0 Å². The van der Waals surface area contributed by atoms with E-state index in [1.165, 1.54) is 7.11 Å². The molecule has 4 aromatic rings. The number of H-pyrrole nitrogens is 1. The summed E-state index contributed by atoms with van der Waals surface area (Å²) in [4.78, 5) is 32.4. The van der Waals surface area contributed by atoms with Crippen molar-refractivity contribution in [3.8, 4) is 11.3 Å². The third-order valence-electron chi connectivity index (χ3n) is 4.68. The van der Waals surface area contributed by atoms with E-state index in [2.05, 4.69) is 20.0 Å². The third-order valence-corrected chi connectivity index (χ3v) is 4.68. The second kappa shape index (κ2) is 7.15. The molecular weight excluding hydrogens is 354 g/mol. The molecule has 0 fully saturated rings. The normalized spacial score (nSPS) is 12.1. The van der Waals surface area contributed by atoms with Crippen molar-refractivity contribution in [1.82, 2.24) is 15.3 Å². The number of aromatic amines is 1. The van der Waals surface area contributed by atoms with Gasteiger partial charge in [0.05, 0.1) is 18.3 Å². The van der Waals surface area contributed by atoms with Gasteiger partial charge in [-0.15, -0.1) is 0 Å². The van der Waals surface area contributed by atoms with Gasteiger partial charge in [0.2, 0.25) is 0 Å². The zero-order valence-corrected chi connectivity index (χ0v) is 15.5. The minimum atomic E-state index is -0.766. The Labute approximate surface area is 161 Å². The number of carbonyl (C=O) groups excluding carboxylic acids is 2. The van der Waals surface area contributed by atoms with Crippen molar-refractivity contribution in [2.24, 2.45) is 0 Å². The van der Waals surface area contributed by atoms with Gasteiger partial charge in [-0.2, -0.15) is 0 Å². The first kappa shape index (κ1) is 17.7. The molecule has 0 unspecified atom stereocenters. The first-order valence-electron chi connectivity index (χ1n) is 8.94. The van der Waals surface area contributed by atoms with Crippen LogP contribution in [-0.2, 0) is 9.53 Å². The number of rotatable bonds is 4. The van der Waals surface area contributed by atoms with E-state index in [1.54, 1.807) is 13.0 Å². The van der Waals surface area contributed by atoms with Gasteiger partial charge in [-0.1, -0.05) is 48.5 Å². The monoisotopic (exact) mass is 373 g/mol. The lowest BCUT2D eigenvalue weighted by Crippen LogP contribution is -2.39. The molecule has 6 nitrogen and oxygen atoms in total. The second-order valence-corrected chi connectivity index (χ2v) is 6.53. The molecule has 1 amide bonds. The number of aromatic nitrogens is 2. The summed E-state index contributed by atoms with van der Waals surface area (Å²) in [5.74, 6) is -0.938. The van der Waals surface area contributed by atoms with Crippen molar-refractivity contribution in [2.45, 2.75) is 13.0 Å². The van der Waals surface area contributed by atoms with Gasteiger partial charge in [-0.25, -0.2) is 9.78 Å². The van der Waals surface area contributed by atoms with Gasteiger partial charge in [-0.3, -0.25) is 4.79 Å². The second-order valence-electron chi connectivity index (χ2n) is 6.53. The Balaban J connectivity index is 1.89. The van der Waals surface area contributed by atoms with Gasteiger partial charge >= 0.3 is 5.97 Å².